The molecule has 96 valence electrons. The quantitative estimate of drug-likeness (QED) is 0.688. The average Bonchev–Trinajstić information content (AvgIpc) is 2.53. The van der Waals surface area contributed by atoms with Crippen LogP contribution in [0.25, 0.3) is 0 Å². The van der Waals surface area contributed by atoms with E-state index in [2.05, 4.69) is 4.98 Å². The molecule has 1 aliphatic heterocycles. The molecule has 0 aromatic carbocycles. The van der Waals surface area contributed by atoms with Gasteiger partial charge in [0.05, 0.1) is 0 Å². The molecule has 1 amide bonds. The molecule has 0 aliphatic carbocycles. The number of carboxylic acid groups (broad SMARTS) is 1. The van der Waals surface area contributed by atoms with Gasteiger partial charge in [0.25, 0.3) is 0 Å². The zero-order valence-electron chi connectivity index (χ0n) is 9.93. The van der Waals surface area contributed by atoms with Crippen LogP contribution in [-0.2, 0) is 15.1 Å². The maximum absolute atomic E-state index is 11.6. The number of carbonyl (C=O) groups excluding carboxylic acids is 1. The van der Waals surface area contributed by atoms with Gasteiger partial charge in [0.15, 0.2) is 0 Å². The van der Waals surface area contributed by atoms with E-state index in [4.69, 9.17) is 11.5 Å². The standard InChI is InChI=1S/C11H13N3O3S/c1-4-3-5(2)14-8-6(4)11(13,10(12)17)7(18-8)9(15)16/h3,7H,13H2,1-2H3,(H2,12,17)(H,15,16)/t7-,11-/m0/s1. The van der Waals surface area contributed by atoms with Crippen LogP contribution in [0.15, 0.2) is 11.1 Å². The average molecular weight is 267 g/mol. The Bertz CT molecular complexity index is 561. The Morgan fingerprint density at radius 3 is 2.61 bits per heavy atom. The summed E-state index contributed by atoms with van der Waals surface area (Å²) in [6.45, 7) is 3.56. The van der Waals surface area contributed by atoms with E-state index < -0.39 is 22.7 Å². The van der Waals surface area contributed by atoms with Crippen LogP contribution in [0.5, 0.6) is 0 Å². The fourth-order valence-corrected chi connectivity index (χ4v) is 3.61. The van der Waals surface area contributed by atoms with Crippen molar-refractivity contribution < 1.29 is 14.7 Å². The first-order chi connectivity index (χ1) is 8.28. The van der Waals surface area contributed by atoms with Crippen molar-refractivity contribution in [3.05, 3.63) is 22.9 Å². The molecule has 2 rings (SSSR count). The third-order valence-corrected chi connectivity index (χ3v) is 4.33. The maximum atomic E-state index is 11.6. The van der Waals surface area contributed by atoms with E-state index >= 15 is 0 Å². The largest absolute Gasteiger partial charge is 0.480 e. The number of hydrogen-bond acceptors (Lipinski definition) is 5. The predicted octanol–water partition coefficient (Wildman–Crippen LogP) is -0.103. The summed E-state index contributed by atoms with van der Waals surface area (Å²) in [6.07, 6.45) is 0. The van der Waals surface area contributed by atoms with Crippen molar-refractivity contribution in [1.29, 1.82) is 0 Å². The zero-order valence-corrected chi connectivity index (χ0v) is 10.7. The summed E-state index contributed by atoms with van der Waals surface area (Å²) >= 11 is 0.971. The van der Waals surface area contributed by atoms with E-state index in [-0.39, 0.29) is 0 Å². The molecule has 0 saturated carbocycles. The van der Waals surface area contributed by atoms with Crippen molar-refractivity contribution >= 4 is 23.6 Å². The van der Waals surface area contributed by atoms with Crippen molar-refractivity contribution in [1.82, 2.24) is 4.98 Å². The highest BCUT2D eigenvalue weighted by Gasteiger charge is 2.54. The number of aryl methyl sites for hydroxylation is 2. The van der Waals surface area contributed by atoms with E-state index in [1.807, 2.05) is 0 Å². The van der Waals surface area contributed by atoms with Crippen molar-refractivity contribution in [2.24, 2.45) is 11.5 Å². The molecule has 7 heteroatoms. The number of aliphatic carboxylic acids is 1. The van der Waals surface area contributed by atoms with Gasteiger partial charge < -0.3 is 16.6 Å². The van der Waals surface area contributed by atoms with Gasteiger partial charge in [-0.15, -0.1) is 0 Å². The lowest BCUT2D eigenvalue weighted by Crippen LogP contribution is -2.56. The lowest BCUT2D eigenvalue weighted by atomic mass is 9.85. The maximum Gasteiger partial charge on any atom is 0.319 e. The minimum absolute atomic E-state index is 0.429. The molecule has 0 spiro atoms. The third-order valence-electron chi connectivity index (χ3n) is 3.00. The summed E-state index contributed by atoms with van der Waals surface area (Å²) in [6, 6.07) is 1.76. The van der Waals surface area contributed by atoms with Gasteiger partial charge in [0.2, 0.25) is 5.91 Å². The lowest BCUT2D eigenvalue weighted by Gasteiger charge is -2.26. The van der Waals surface area contributed by atoms with Crippen molar-refractivity contribution in [2.45, 2.75) is 29.7 Å². The Hall–Kier alpha value is -1.60. The number of carboxylic acids is 1. The molecular weight excluding hydrogens is 254 g/mol. The number of fused-ring (bicyclic) bond motifs is 1. The minimum atomic E-state index is -1.71. The summed E-state index contributed by atoms with van der Waals surface area (Å²) < 4.78 is 0. The fourth-order valence-electron chi connectivity index (χ4n) is 2.22. The molecule has 0 saturated heterocycles. The van der Waals surface area contributed by atoms with Gasteiger partial charge in [0.1, 0.15) is 15.8 Å². The molecule has 1 aliphatic rings. The Labute approximate surface area is 108 Å². The topological polar surface area (TPSA) is 119 Å². The summed E-state index contributed by atoms with van der Waals surface area (Å²) in [4.78, 5) is 27.1. The molecule has 0 radical (unpaired) electrons. The first-order valence-corrected chi connectivity index (χ1v) is 6.13. The first kappa shape index (κ1) is 12.8. The summed E-state index contributed by atoms with van der Waals surface area (Å²) in [5, 5.41) is 8.53. The van der Waals surface area contributed by atoms with Gasteiger partial charge in [0, 0.05) is 11.3 Å². The molecule has 0 bridgehead atoms. The van der Waals surface area contributed by atoms with Crippen LogP contribution in [0.1, 0.15) is 16.8 Å². The Balaban J connectivity index is 2.72. The first-order valence-electron chi connectivity index (χ1n) is 5.25. The SMILES string of the molecule is Cc1cc(C)c2c(n1)S[C@@H](C(=O)O)[C@]2(N)C(N)=O. The predicted molar refractivity (Wildman–Crippen MR) is 66.1 cm³/mol. The van der Waals surface area contributed by atoms with E-state index in [9.17, 15) is 14.7 Å². The number of hydrogen-bond donors (Lipinski definition) is 3. The number of carbonyl (C=O) groups is 2. The minimum Gasteiger partial charge on any atom is -0.480 e. The normalized spacial score (nSPS) is 25.8. The molecule has 2 heterocycles. The second kappa shape index (κ2) is 3.96. The smallest absolute Gasteiger partial charge is 0.319 e. The highest BCUT2D eigenvalue weighted by atomic mass is 32.2. The van der Waals surface area contributed by atoms with E-state index in [1.165, 1.54) is 0 Å². The van der Waals surface area contributed by atoms with Crippen molar-refractivity contribution in [3.63, 3.8) is 0 Å². The zero-order chi connectivity index (χ0) is 13.7. The number of pyridine rings is 1. The molecule has 0 unspecified atom stereocenters. The second-order valence-corrected chi connectivity index (χ2v) is 5.42. The van der Waals surface area contributed by atoms with Gasteiger partial charge in [-0.3, -0.25) is 9.59 Å². The molecule has 2 atom stereocenters. The molecule has 0 fully saturated rings. The van der Waals surface area contributed by atoms with E-state index in [0.717, 1.165) is 23.0 Å². The van der Waals surface area contributed by atoms with Crippen LogP contribution < -0.4 is 11.5 Å². The molecule has 5 N–H and O–H groups in total. The van der Waals surface area contributed by atoms with Gasteiger partial charge in [-0.1, -0.05) is 11.8 Å². The summed E-state index contributed by atoms with van der Waals surface area (Å²) in [7, 11) is 0. The monoisotopic (exact) mass is 267 g/mol. The molecule has 1 aromatic heterocycles. The molecule has 6 nitrogen and oxygen atoms in total. The molecule has 18 heavy (non-hydrogen) atoms. The van der Waals surface area contributed by atoms with Crippen molar-refractivity contribution in [2.75, 3.05) is 0 Å². The van der Waals surface area contributed by atoms with Crippen LogP contribution in [0.4, 0.5) is 0 Å². The fraction of sp³-hybridized carbons (Fsp3) is 0.364. The number of aromatic nitrogens is 1. The summed E-state index contributed by atoms with van der Waals surface area (Å²) in [5.41, 5.74) is 11.5. The van der Waals surface area contributed by atoms with E-state index in [1.54, 1.807) is 19.9 Å². The van der Waals surface area contributed by atoms with Crippen LogP contribution in [-0.4, -0.2) is 27.2 Å². The van der Waals surface area contributed by atoms with Gasteiger partial charge >= 0.3 is 5.97 Å². The van der Waals surface area contributed by atoms with E-state index in [0.29, 0.717) is 10.6 Å². The Morgan fingerprint density at radius 1 is 1.50 bits per heavy atom. The highest BCUT2D eigenvalue weighted by Crippen LogP contribution is 2.47. The van der Waals surface area contributed by atoms with Crippen LogP contribution >= 0.6 is 11.8 Å². The summed E-state index contributed by atoms with van der Waals surface area (Å²) in [5.74, 6) is -2.02. The third kappa shape index (κ3) is 1.58. The number of rotatable bonds is 2. The van der Waals surface area contributed by atoms with Gasteiger partial charge in [-0.2, -0.15) is 0 Å². The van der Waals surface area contributed by atoms with Crippen LogP contribution in [0, 0.1) is 13.8 Å². The number of nitrogens with two attached hydrogens (primary N) is 2. The number of amides is 1. The second-order valence-electron chi connectivity index (χ2n) is 4.33. The number of primary amides is 1. The van der Waals surface area contributed by atoms with Crippen LogP contribution in [0.3, 0.4) is 0 Å². The number of nitrogens with zero attached hydrogens (tertiary/aromatic N) is 1. The van der Waals surface area contributed by atoms with Gasteiger partial charge in [-0.05, 0) is 25.5 Å². The van der Waals surface area contributed by atoms with Crippen LogP contribution in [0.2, 0.25) is 0 Å². The lowest BCUT2D eigenvalue weighted by molar-refractivity contribution is -0.140. The number of thioether (sulfide) groups is 1. The Morgan fingerprint density at radius 2 is 2.11 bits per heavy atom. The molecular formula is C11H13N3O3S. The Kier molecular flexibility index (Phi) is 2.83. The highest BCUT2D eigenvalue weighted by molar-refractivity contribution is 8.01. The molecule has 1 aromatic rings. The van der Waals surface area contributed by atoms with Gasteiger partial charge in [-0.25, -0.2) is 4.98 Å². The van der Waals surface area contributed by atoms with Crippen molar-refractivity contribution in [3.8, 4) is 0 Å².